The SMILES string of the molecule is Cc1cc(NC(=O)C(C)SCC(C)CO)on1. The second kappa shape index (κ2) is 6.66. The Morgan fingerprint density at radius 2 is 2.35 bits per heavy atom. The van der Waals surface area contributed by atoms with Crippen molar-refractivity contribution in [2.24, 2.45) is 5.92 Å². The maximum Gasteiger partial charge on any atom is 0.239 e. The van der Waals surface area contributed by atoms with Gasteiger partial charge in [-0.1, -0.05) is 12.1 Å². The highest BCUT2D eigenvalue weighted by Gasteiger charge is 2.16. The van der Waals surface area contributed by atoms with Crippen molar-refractivity contribution >= 4 is 23.6 Å². The lowest BCUT2D eigenvalue weighted by molar-refractivity contribution is -0.115. The number of aryl methyl sites for hydroxylation is 1. The van der Waals surface area contributed by atoms with Gasteiger partial charge in [0.15, 0.2) is 0 Å². The highest BCUT2D eigenvalue weighted by Crippen LogP contribution is 2.17. The largest absolute Gasteiger partial charge is 0.396 e. The summed E-state index contributed by atoms with van der Waals surface area (Å²) in [5.41, 5.74) is 0.731. The van der Waals surface area contributed by atoms with Crippen LogP contribution in [-0.4, -0.2) is 33.8 Å². The average molecular weight is 258 g/mol. The van der Waals surface area contributed by atoms with E-state index < -0.39 is 0 Å². The van der Waals surface area contributed by atoms with Crippen molar-refractivity contribution in [3.63, 3.8) is 0 Å². The van der Waals surface area contributed by atoms with E-state index in [9.17, 15) is 4.79 Å². The monoisotopic (exact) mass is 258 g/mol. The molecular formula is C11H18N2O3S. The number of aliphatic hydroxyl groups is 1. The molecule has 1 heterocycles. The summed E-state index contributed by atoms with van der Waals surface area (Å²) >= 11 is 1.51. The Labute approximate surface area is 105 Å². The maximum absolute atomic E-state index is 11.7. The molecule has 0 saturated heterocycles. The van der Waals surface area contributed by atoms with E-state index >= 15 is 0 Å². The number of aromatic nitrogens is 1. The normalized spacial score (nSPS) is 14.4. The van der Waals surface area contributed by atoms with Gasteiger partial charge in [0.05, 0.1) is 10.9 Å². The van der Waals surface area contributed by atoms with Gasteiger partial charge in [-0.15, -0.1) is 11.8 Å². The van der Waals surface area contributed by atoms with Crippen molar-refractivity contribution < 1.29 is 14.4 Å². The molecule has 0 aromatic carbocycles. The Balaban J connectivity index is 2.36. The maximum atomic E-state index is 11.7. The third kappa shape index (κ3) is 4.79. The van der Waals surface area contributed by atoms with Crippen molar-refractivity contribution in [1.82, 2.24) is 5.16 Å². The lowest BCUT2D eigenvalue weighted by Crippen LogP contribution is -2.23. The summed E-state index contributed by atoms with van der Waals surface area (Å²) in [6.45, 7) is 5.70. The summed E-state index contributed by atoms with van der Waals surface area (Å²) in [6, 6.07) is 1.67. The minimum atomic E-state index is -0.186. The van der Waals surface area contributed by atoms with Crippen LogP contribution in [0, 0.1) is 12.8 Å². The fourth-order valence-corrected chi connectivity index (χ4v) is 2.02. The summed E-state index contributed by atoms with van der Waals surface area (Å²) in [7, 11) is 0. The van der Waals surface area contributed by atoms with Gasteiger partial charge in [0.2, 0.25) is 11.8 Å². The molecule has 0 bridgehead atoms. The third-order valence-electron chi connectivity index (χ3n) is 2.19. The molecule has 0 aliphatic heterocycles. The van der Waals surface area contributed by atoms with Crippen molar-refractivity contribution in [2.45, 2.75) is 26.0 Å². The molecule has 1 amide bonds. The number of nitrogens with zero attached hydrogens (tertiary/aromatic N) is 1. The standard InChI is InChI=1S/C11H18N2O3S/c1-7(5-14)6-17-9(3)11(15)12-10-4-8(2)13-16-10/h4,7,9,14H,5-6H2,1-3H3,(H,12,15). The lowest BCUT2D eigenvalue weighted by atomic mass is 10.2. The molecule has 0 aliphatic rings. The summed E-state index contributed by atoms with van der Waals surface area (Å²) in [5, 5.41) is 15.0. The van der Waals surface area contributed by atoms with Crippen LogP contribution in [0.3, 0.4) is 0 Å². The number of anilines is 1. The third-order valence-corrected chi connectivity index (χ3v) is 3.66. The predicted molar refractivity (Wildman–Crippen MR) is 68.0 cm³/mol. The van der Waals surface area contributed by atoms with Crippen molar-refractivity contribution in [1.29, 1.82) is 0 Å². The van der Waals surface area contributed by atoms with Crippen LogP contribution in [-0.2, 0) is 4.79 Å². The van der Waals surface area contributed by atoms with Gasteiger partial charge in [0.1, 0.15) is 0 Å². The Bertz CT molecular complexity index is 367. The van der Waals surface area contributed by atoms with Gasteiger partial charge in [0, 0.05) is 12.7 Å². The summed E-state index contributed by atoms with van der Waals surface area (Å²) in [5.74, 6) is 1.20. The Morgan fingerprint density at radius 1 is 1.65 bits per heavy atom. The second-order valence-corrected chi connectivity index (χ2v) is 5.46. The van der Waals surface area contributed by atoms with Crippen molar-refractivity contribution in [3.8, 4) is 0 Å². The van der Waals surface area contributed by atoms with Crippen LogP contribution in [0.2, 0.25) is 0 Å². The van der Waals surface area contributed by atoms with Gasteiger partial charge in [-0.25, -0.2) is 0 Å². The summed E-state index contributed by atoms with van der Waals surface area (Å²) in [4.78, 5) is 11.7. The first-order valence-corrected chi connectivity index (χ1v) is 6.54. The van der Waals surface area contributed by atoms with E-state index in [0.717, 1.165) is 11.4 Å². The molecule has 2 N–H and O–H groups in total. The number of amides is 1. The fraction of sp³-hybridized carbons (Fsp3) is 0.636. The van der Waals surface area contributed by atoms with E-state index in [-0.39, 0.29) is 23.7 Å². The van der Waals surface area contributed by atoms with Crippen LogP contribution in [0.15, 0.2) is 10.6 Å². The van der Waals surface area contributed by atoms with E-state index in [1.807, 2.05) is 13.8 Å². The molecule has 17 heavy (non-hydrogen) atoms. The van der Waals surface area contributed by atoms with Gasteiger partial charge < -0.3 is 9.63 Å². The molecular weight excluding hydrogens is 240 g/mol. The smallest absolute Gasteiger partial charge is 0.239 e. The molecule has 0 aliphatic carbocycles. The molecule has 1 rings (SSSR count). The number of carbonyl (C=O) groups is 1. The molecule has 6 heteroatoms. The minimum Gasteiger partial charge on any atom is -0.396 e. The van der Waals surface area contributed by atoms with Crippen LogP contribution in [0.25, 0.3) is 0 Å². The zero-order valence-corrected chi connectivity index (χ0v) is 11.1. The van der Waals surface area contributed by atoms with Gasteiger partial charge in [0.25, 0.3) is 0 Å². The number of thioether (sulfide) groups is 1. The number of aliphatic hydroxyl groups excluding tert-OH is 1. The van der Waals surface area contributed by atoms with Crippen LogP contribution >= 0.6 is 11.8 Å². The minimum absolute atomic E-state index is 0.115. The first-order valence-electron chi connectivity index (χ1n) is 5.49. The highest BCUT2D eigenvalue weighted by atomic mass is 32.2. The van der Waals surface area contributed by atoms with Crippen molar-refractivity contribution in [3.05, 3.63) is 11.8 Å². The van der Waals surface area contributed by atoms with Gasteiger partial charge in [-0.3, -0.25) is 10.1 Å². The molecule has 2 unspecified atom stereocenters. The predicted octanol–water partition coefficient (Wildman–Crippen LogP) is 1.67. The zero-order valence-electron chi connectivity index (χ0n) is 10.3. The first kappa shape index (κ1) is 14.1. The molecule has 0 saturated carbocycles. The van der Waals surface area contributed by atoms with Crippen LogP contribution in [0.5, 0.6) is 0 Å². The van der Waals surface area contributed by atoms with Gasteiger partial charge in [-0.2, -0.15) is 0 Å². The molecule has 96 valence electrons. The number of nitrogens with one attached hydrogen (secondary N) is 1. The van der Waals surface area contributed by atoms with Crippen LogP contribution in [0.1, 0.15) is 19.5 Å². The van der Waals surface area contributed by atoms with E-state index in [4.69, 9.17) is 9.63 Å². The zero-order chi connectivity index (χ0) is 12.8. The quantitative estimate of drug-likeness (QED) is 0.812. The molecule has 1 aromatic heterocycles. The van der Waals surface area contributed by atoms with E-state index in [0.29, 0.717) is 5.88 Å². The van der Waals surface area contributed by atoms with Gasteiger partial charge in [-0.05, 0) is 25.5 Å². The molecule has 5 nitrogen and oxygen atoms in total. The number of rotatable bonds is 6. The van der Waals surface area contributed by atoms with E-state index in [2.05, 4.69) is 10.5 Å². The molecule has 0 radical (unpaired) electrons. The molecule has 2 atom stereocenters. The lowest BCUT2D eigenvalue weighted by Gasteiger charge is -2.12. The average Bonchev–Trinajstić information content (AvgIpc) is 2.70. The summed E-state index contributed by atoms with van der Waals surface area (Å²) < 4.78 is 4.90. The Kier molecular flexibility index (Phi) is 5.50. The fourth-order valence-electron chi connectivity index (χ4n) is 1.08. The highest BCUT2D eigenvalue weighted by molar-refractivity contribution is 8.00. The van der Waals surface area contributed by atoms with Crippen molar-refractivity contribution in [2.75, 3.05) is 17.7 Å². The molecule has 0 spiro atoms. The Hall–Kier alpha value is -1.01. The number of carbonyl (C=O) groups excluding carboxylic acids is 1. The summed E-state index contributed by atoms with van der Waals surface area (Å²) in [6.07, 6.45) is 0. The topological polar surface area (TPSA) is 75.4 Å². The first-order chi connectivity index (χ1) is 8.02. The number of hydrogen-bond acceptors (Lipinski definition) is 5. The Morgan fingerprint density at radius 3 is 2.88 bits per heavy atom. The van der Waals surface area contributed by atoms with E-state index in [1.54, 1.807) is 13.0 Å². The van der Waals surface area contributed by atoms with Crippen LogP contribution < -0.4 is 5.32 Å². The van der Waals surface area contributed by atoms with Gasteiger partial charge >= 0.3 is 0 Å². The molecule has 0 fully saturated rings. The van der Waals surface area contributed by atoms with E-state index in [1.165, 1.54) is 11.8 Å². The number of hydrogen-bond donors (Lipinski definition) is 2. The second-order valence-electron chi connectivity index (χ2n) is 4.09. The van der Waals surface area contributed by atoms with Crippen LogP contribution in [0.4, 0.5) is 5.88 Å². The molecule has 1 aromatic rings.